The first-order valence-corrected chi connectivity index (χ1v) is 8.94. The van der Waals surface area contributed by atoms with Gasteiger partial charge in [0.25, 0.3) is 5.91 Å². The minimum Gasteiger partial charge on any atom is -0.482 e. The summed E-state index contributed by atoms with van der Waals surface area (Å²) in [6, 6.07) is 12.0. The molecule has 1 N–H and O–H groups in total. The SMILES string of the molecule is O=C(COc1ccc(Cl)cc1Cl)Nc1nnc(-c2ccccc2Cl)s1. The van der Waals surface area contributed by atoms with Gasteiger partial charge < -0.3 is 4.74 Å². The maximum atomic E-state index is 12.0. The Morgan fingerprint density at radius 1 is 1.08 bits per heavy atom. The monoisotopic (exact) mass is 413 g/mol. The van der Waals surface area contributed by atoms with E-state index in [9.17, 15) is 4.79 Å². The van der Waals surface area contributed by atoms with E-state index in [2.05, 4.69) is 15.5 Å². The van der Waals surface area contributed by atoms with Gasteiger partial charge in [-0.05, 0) is 24.3 Å². The van der Waals surface area contributed by atoms with Crippen molar-refractivity contribution in [2.75, 3.05) is 11.9 Å². The van der Waals surface area contributed by atoms with Gasteiger partial charge in [-0.15, -0.1) is 10.2 Å². The highest BCUT2D eigenvalue weighted by Crippen LogP contribution is 2.31. The number of rotatable bonds is 5. The molecule has 3 aromatic rings. The average Bonchev–Trinajstić information content (AvgIpc) is 3.02. The average molecular weight is 415 g/mol. The van der Waals surface area contributed by atoms with Gasteiger partial charge in [-0.3, -0.25) is 10.1 Å². The van der Waals surface area contributed by atoms with Crippen molar-refractivity contribution in [3.8, 4) is 16.3 Å². The van der Waals surface area contributed by atoms with Crippen molar-refractivity contribution in [1.29, 1.82) is 0 Å². The van der Waals surface area contributed by atoms with Crippen LogP contribution in [0.1, 0.15) is 0 Å². The molecule has 0 radical (unpaired) electrons. The topological polar surface area (TPSA) is 64.1 Å². The highest BCUT2D eigenvalue weighted by molar-refractivity contribution is 7.18. The summed E-state index contributed by atoms with van der Waals surface area (Å²) < 4.78 is 5.37. The molecule has 0 fully saturated rings. The molecule has 25 heavy (non-hydrogen) atoms. The summed E-state index contributed by atoms with van der Waals surface area (Å²) in [6.07, 6.45) is 0. The number of halogens is 3. The van der Waals surface area contributed by atoms with Crippen molar-refractivity contribution >= 4 is 57.2 Å². The van der Waals surface area contributed by atoms with Gasteiger partial charge >= 0.3 is 0 Å². The summed E-state index contributed by atoms with van der Waals surface area (Å²) >= 11 is 19.1. The third kappa shape index (κ3) is 4.61. The van der Waals surface area contributed by atoms with Gasteiger partial charge in [0.1, 0.15) is 5.75 Å². The quantitative estimate of drug-likeness (QED) is 0.624. The number of ether oxygens (including phenoxy) is 1. The Kier molecular flexibility index (Phi) is 5.75. The Bertz CT molecular complexity index is 917. The number of amides is 1. The van der Waals surface area contributed by atoms with Crippen LogP contribution >= 0.6 is 46.1 Å². The van der Waals surface area contributed by atoms with E-state index in [1.807, 2.05) is 18.2 Å². The minimum atomic E-state index is -0.382. The van der Waals surface area contributed by atoms with Crippen molar-refractivity contribution in [3.63, 3.8) is 0 Å². The molecule has 0 aliphatic heterocycles. The molecule has 3 rings (SSSR count). The van der Waals surface area contributed by atoms with Gasteiger partial charge in [-0.1, -0.05) is 64.3 Å². The fourth-order valence-corrected chi connectivity index (χ4v) is 3.45. The standard InChI is InChI=1S/C16H10Cl3N3O2S/c17-9-5-6-13(12(19)7-9)24-8-14(23)20-16-22-21-15(25-16)10-3-1-2-4-11(10)18/h1-7H,8H2,(H,20,22,23). The molecule has 0 atom stereocenters. The molecular formula is C16H10Cl3N3O2S. The van der Waals surface area contributed by atoms with E-state index < -0.39 is 0 Å². The molecule has 0 aliphatic carbocycles. The smallest absolute Gasteiger partial charge is 0.264 e. The van der Waals surface area contributed by atoms with Crippen molar-refractivity contribution in [3.05, 3.63) is 57.5 Å². The Labute approximate surface area is 162 Å². The molecule has 0 unspecified atom stereocenters. The predicted octanol–water partition coefficient (Wildman–Crippen LogP) is 5.18. The van der Waals surface area contributed by atoms with E-state index in [1.165, 1.54) is 17.4 Å². The number of hydrogen-bond acceptors (Lipinski definition) is 5. The second kappa shape index (κ2) is 8.01. The number of nitrogens with zero attached hydrogens (tertiary/aromatic N) is 2. The molecule has 128 valence electrons. The molecule has 0 aliphatic rings. The largest absolute Gasteiger partial charge is 0.482 e. The van der Waals surface area contributed by atoms with Gasteiger partial charge in [0.05, 0.1) is 10.0 Å². The number of carbonyl (C=O) groups is 1. The lowest BCUT2D eigenvalue weighted by molar-refractivity contribution is -0.118. The van der Waals surface area contributed by atoms with E-state index in [0.717, 1.165) is 5.56 Å². The molecule has 5 nitrogen and oxygen atoms in total. The molecule has 0 saturated heterocycles. The van der Waals surface area contributed by atoms with Gasteiger partial charge in [0, 0.05) is 10.6 Å². The molecule has 9 heteroatoms. The third-order valence-electron chi connectivity index (χ3n) is 3.03. The molecule has 1 aromatic heterocycles. The van der Waals surface area contributed by atoms with Gasteiger partial charge in [0.2, 0.25) is 5.13 Å². The first-order valence-electron chi connectivity index (χ1n) is 6.99. The summed E-state index contributed by atoms with van der Waals surface area (Å²) in [5.74, 6) is -0.0110. The number of aromatic nitrogens is 2. The minimum absolute atomic E-state index is 0.220. The summed E-state index contributed by atoms with van der Waals surface area (Å²) in [6.45, 7) is -0.220. The first kappa shape index (κ1) is 17.9. The summed E-state index contributed by atoms with van der Waals surface area (Å²) in [4.78, 5) is 12.0. The number of anilines is 1. The second-order valence-electron chi connectivity index (χ2n) is 4.80. The molecule has 0 spiro atoms. The zero-order valence-corrected chi connectivity index (χ0v) is 15.6. The number of carbonyl (C=O) groups excluding carboxylic acids is 1. The van der Waals surface area contributed by atoms with Crippen LogP contribution in [0.25, 0.3) is 10.6 Å². The van der Waals surface area contributed by atoms with Crippen LogP contribution < -0.4 is 10.1 Å². The lowest BCUT2D eigenvalue weighted by Crippen LogP contribution is -2.20. The highest BCUT2D eigenvalue weighted by atomic mass is 35.5. The fraction of sp³-hybridized carbons (Fsp3) is 0.0625. The fourth-order valence-electron chi connectivity index (χ4n) is 1.91. The Hall–Kier alpha value is -1.86. The van der Waals surface area contributed by atoms with E-state index in [1.54, 1.807) is 18.2 Å². The van der Waals surface area contributed by atoms with E-state index in [4.69, 9.17) is 39.5 Å². The molecule has 2 aromatic carbocycles. The van der Waals surface area contributed by atoms with E-state index >= 15 is 0 Å². The maximum Gasteiger partial charge on any atom is 0.264 e. The lowest BCUT2D eigenvalue weighted by atomic mass is 10.2. The number of benzene rings is 2. The van der Waals surface area contributed by atoms with Crippen LogP contribution in [0.4, 0.5) is 5.13 Å². The van der Waals surface area contributed by atoms with Crippen molar-refractivity contribution in [1.82, 2.24) is 10.2 Å². The van der Waals surface area contributed by atoms with Crippen LogP contribution in [-0.4, -0.2) is 22.7 Å². The molecule has 1 amide bonds. The van der Waals surface area contributed by atoms with Crippen LogP contribution in [0, 0.1) is 0 Å². The lowest BCUT2D eigenvalue weighted by Gasteiger charge is -2.07. The van der Waals surface area contributed by atoms with Gasteiger partial charge in [-0.2, -0.15) is 0 Å². The Balaban J connectivity index is 1.61. The Morgan fingerprint density at radius 2 is 1.88 bits per heavy atom. The van der Waals surface area contributed by atoms with Crippen molar-refractivity contribution < 1.29 is 9.53 Å². The van der Waals surface area contributed by atoms with E-state index in [0.29, 0.717) is 31.0 Å². The Morgan fingerprint density at radius 3 is 2.64 bits per heavy atom. The van der Waals surface area contributed by atoms with Crippen LogP contribution in [-0.2, 0) is 4.79 Å². The van der Waals surface area contributed by atoms with Crippen LogP contribution in [0.5, 0.6) is 5.75 Å². The van der Waals surface area contributed by atoms with Crippen molar-refractivity contribution in [2.45, 2.75) is 0 Å². The summed E-state index contributed by atoms with van der Waals surface area (Å²) in [5.41, 5.74) is 0.756. The number of hydrogen-bond donors (Lipinski definition) is 1. The molecule has 1 heterocycles. The van der Waals surface area contributed by atoms with Crippen LogP contribution in [0.2, 0.25) is 15.1 Å². The summed E-state index contributed by atoms with van der Waals surface area (Å²) in [7, 11) is 0. The normalized spacial score (nSPS) is 10.5. The zero-order chi connectivity index (χ0) is 17.8. The van der Waals surface area contributed by atoms with Crippen LogP contribution in [0.15, 0.2) is 42.5 Å². The van der Waals surface area contributed by atoms with E-state index in [-0.39, 0.29) is 12.5 Å². The van der Waals surface area contributed by atoms with Gasteiger partial charge in [-0.25, -0.2) is 0 Å². The molecule has 0 saturated carbocycles. The van der Waals surface area contributed by atoms with Crippen molar-refractivity contribution in [2.24, 2.45) is 0 Å². The molecular weight excluding hydrogens is 405 g/mol. The number of nitrogens with one attached hydrogen (secondary N) is 1. The first-order chi connectivity index (χ1) is 12.0. The van der Waals surface area contributed by atoms with Gasteiger partial charge in [0.15, 0.2) is 11.6 Å². The van der Waals surface area contributed by atoms with Crippen LogP contribution in [0.3, 0.4) is 0 Å². The maximum absolute atomic E-state index is 12.0. The second-order valence-corrected chi connectivity index (χ2v) is 7.03. The zero-order valence-electron chi connectivity index (χ0n) is 12.5. The third-order valence-corrected chi connectivity index (χ3v) is 4.76. The predicted molar refractivity (Wildman–Crippen MR) is 101 cm³/mol. The summed E-state index contributed by atoms with van der Waals surface area (Å²) in [5, 5.41) is 12.9. The highest BCUT2D eigenvalue weighted by Gasteiger charge is 2.12. The molecule has 0 bridgehead atoms.